The Kier molecular flexibility index (Phi) is 4.73. The number of amides is 1. The Bertz CT molecular complexity index is 973. The maximum absolute atomic E-state index is 13.8. The molecule has 7 heteroatoms. The van der Waals surface area contributed by atoms with Crippen LogP contribution in [0.1, 0.15) is 21.5 Å². The van der Waals surface area contributed by atoms with E-state index in [-0.39, 0.29) is 16.4 Å². The highest BCUT2D eigenvalue weighted by Gasteiger charge is 2.19. The van der Waals surface area contributed by atoms with E-state index in [0.29, 0.717) is 0 Å². The van der Waals surface area contributed by atoms with Gasteiger partial charge in [0, 0.05) is 13.1 Å². The first kappa shape index (κ1) is 17.4. The Morgan fingerprint density at radius 3 is 2.59 bits per heavy atom. The van der Waals surface area contributed by atoms with Crippen LogP contribution in [0.3, 0.4) is 0 Å². The maximum Gasteiger partial charge on any atom is 0.261 e. The van der Waals surface area contributed by atoms with Gasteiger partial charge in [-0.2, -0.15) is 0 Å². The molecule has 1 amide bonds. The van der Waals surface area contributed by atoms with E-state index in [1.54, 1.807) is 12.1 Å². The quantitative estimate of drug-likeness (QED) is 0.741. The van der Waals surface area contributed by atoms with Crippen LogP contribution in [0, 0.1) is 5.82 Å². The smallest absolute Gasteiger partial charge is 0.261 e. The lowest BCUT2D eigenvalue weighted by Gasteiger charge is -2.29. The molecule has 1 aliphatic rings. The third-order valence-electron chi connectivity index (χ3n) is 4.54. The van der Waals surface area contributed by atoms with Crippen LogP contribution in [-0.2, 0) is 13.0 Å². The Morgan fingerprint density at radius 2 is 1.85 bits per heavy atom. The predicted molar refractivity (Wildman–Crippen MR) is 103 cm³/mol. The van der Waals surface area contributed by atoms with Crippen molar-refractivity contribution in [2.75, 3.05) is 16.8 Å². The van der Waals surface area contributed by atoms with Crippen molar-refractivity contribution >= 4 is 29.1 Å². The lowest BCUT2D eigenvalue weighted by atomic mass is 10.00. The summed E-state index contributed by atoms with van der Waals surface area (Å²) in [5.41, 5.74) is 2.42. The number of nitrogens with zero attached hydrogens (tertiary/aromatic N) is 3. The van der Waals surface area contributed by atoms with E-state index in [2.05, 4.69) is 32.5 Å². The molecule has 0 saturated carbocycles. The molecule has 4 rings (SSSR count). The van der Waals surface area contributed by atoms with Gasteiger partial charge in [0.15, 0.2) is 11.6 Å². The number of halogens is 2. The zero-order chi connectivity index (χ0) is 18.8. The van der Waals surface area contributed by atoms with Gasteiger partial charge in [-0.3, -0.25) is 4.79 Å². The Hall–Kier alpha value is -2.99. The number of nitrogens with one attached hydrogen (secondary N) is 1. The average molecular weight is 383 g/mol. The van der Waals surface area contributed by atoms with Crippen molar-refractivity contribution in [2.45, 2.75) is 13.0 Å². The summed E-state index contributed by atoms with van der Waals surface area (Å²) >= 11 is 5.92. The second kappa shape index (κ2) is 7.32. The number of benzene rings is 2. The van der Waals surface area contributed by atoms with Crippen molar-refractivity contribution in [3.8, 4) is 0 Å². The monoisotopic (exact) mass is 382 g/mol. The standard InChI is InChI=1S/C20H16ClFN4O/c21-15-6-3-7-16(22)19(15)20(27)23-17-8-9-18(25-24-17)26-11-10-13-4-1-2-5-14(13)12-26/h1-9H,10-12H2,(H,23,24,27). The van der Waals surface area contributed by atoms with Crippen molar-refractivity contribution in [1.29, 1.82) is 0 Å². The lowest BCUT2D eigenvalue weighted by molar-refractivity contribution is 0.102. The summed E-state index contributed by atoms with van der Waals surface area (Å²) in [6.45, 7) is 1.61. The highest BCUT2D eigenvalue weighted by molar-refractivity contribution is 6.34. The van der Waals surface area contributed by atoms with Gasteiger partial charge in [-0.15, -0.1) is 10.2 Å². The highest BCUT2D eigenvalue weighted by Crippen LogP contribution is 2.24. The zero-order valence-corrected chi connectivity index (χ0v) is 15.1. The van der Waals surface area contributed by atoms with Crippen LogP contribution in [0.2, 0.25) is 5.02 Å². The normalized spacial score (nSPS) is 13.2. The number of aromatic nitrogens is 2. The molecule has 3 aromatic rings. The van der Waals surface area contributed by atoms with Gasteiger partial charge in [0.05, 0.1) is 10.6 Å². The molecule has 0 atom stereocenters. The van der Waals surface area contributed by atoms with E-state index in [1.807, 2.05) is 12.1 Å². The number of anilines is 2. The summed E-state index contributed by atoms with van der Waals surface area (Å²) in [6, 6.07) is 15.9. The fourth-order valence-electron chi connectivity index (χ4n) is 3.15. The fraction of sp³-hybridized carbons (Fsp3) is 0.150. The van der Waals surface area contributed by atoms with Crippen molar-refractivity contribution < 1.29 is 9.18 Å². The summed E-state index contributed by atoms with van der Waals surface area (Å²) in [4.78, 5) is 14.4. The molecule has 0 unspecified atom stereocenters. The summed E-state index contributed by atoms with van der Waals surface area (Å²) in [5.74, 6) is -0.379. The largest absolute Gasteiger partial charge is 0.350 e. The van der Waals surface area contributed by atoms with E-state index >= 15 is 0 Å². The van der Waals surface area contributed by atoms with Gasteiger partial charge < -0.3 is 10.2 Å². The third-order valence-corrected chi connectivity index (χ3v) is 4.85. The minimum atomic E-state index is -0.684. The summed E-state index contributed by atoms with van der Waals surface area (Å²) in [6.07, 6.45) is 0.947. The number of carbonyl (C=O) groups excluding carboxylic acids is 1. The third kappa shape index (κ3) is 3.61. The molecule has 0 bridgehead atoms. The second-order valence-corrected chi connectivity index (χ2v) is 6.68. The van der Waals surface area contributed by atoms with Gasteiger partial charge in [0.2, 0.25) is 0 Å². The van der Waals surface area contributed by atoms with Crippen LogP contribution in [0.25, 0.3) is 0 Å². The number of carbonyl (C=O) groups is 1. The molecule has 1 aliphatic heterocycles. The minimum Gasteiger partial charge on any atom is -0.350 e. The van der Waals surface area contributed by atoms with E-state index in [4.69, 9.17) is 11.6 Å². The van der Waals surface area contributed by atoms with Crippen LogP contribution >= 0.6 is 11.6 Å². The fourth-order valence-corrected chi connectivity index (χ4v) is 3.39. The van der Waals surface area contributed by atoms with Crippen molar-refractivity contribution in [3.05, 3.63) is 82.1 Å². The molecule has 0 aliphatic carbocycles. The first-order valence-corrected chi connectivity index (χ1v) is 8.90. The minimum absolute atomic E-state index is 0.0454. The molecule has 0 fully saturated rings. The molecule has 2 heterocycles. The van der Waals surface area contributed by atoms with E-state index in [1.165, 1.54) is 29.3 Å². The van der Waals surface area contributed by atoms with Crippen LogP contribution in [0.5, 0.6) is 0 Å². The topological polar surface area (TPSA) is 58.1 Å². The molecule has 0 radical (unpaired) electrons. The van der Waals surface area contributed by atoms with Gasteiger partial charge in [-0.1, -0.05) is 41.9 Å². The molecular weight excluding hydrogens is 367 g/mol. The van der Waals surface area contributed by atoms with E-state index in [0.717, 1.165) is 25.3 Å². The molecule has 1 N–H and O–H groups in total. The molecule has 5 nitrogen and oxygen atoms in total. The van der Waals surface area contributed by atoms with Crippen LogP contribution in [0.15, 0.2) is 54.6 Å². The number of rotatable bonds is 3. The second-order valence-electron chi connectivity index (χ2n) is 6.27. The SMILES string of the molecule is O=C(Nc1ccc(N2CCc3ccccc3C2)nn1)c1c(F)cccc1Cl. The highest BCUT2D eigenvalue weighted by atomic mass is 35.5. The summed E-state index contributed by atoms with van der Waals surface area (Å²) in [7, 11) is 0. The van der Waals surface area contributed by atoms with Gasteiger partial charge in [-0.05, 0) is 41.8 Å². The summed E-state index contributed by atoms with van der Waals surface area (Å²) in [5, 5.41) is 10.8. The lowest BCUT2D eigenvalue weighted by Crippen LogP contribution is -2.31. The first-order valence-electron chi connectivity index (χ1n) is 8.52. The first-order chi connectivity index (χ1) is 13.1. The molecule has 27 heavy (non-hydrogen) atoms. The Balaban J connectivity index is 1.48. The number of fused-ring (bicyclic) bond motifs is 1. The van der Waals surface area contributed by atoms with E-state index < -0.39 is 11.7 Å². The Labute approximate surface area is 160 Å². The van der Waals surface area contributed by atoms with Crippen LogP contribution in [0.4, 0.5) is 16.0 Å². The zero-order valence-electron chi connectivity index (χ0n) is 14.3. The maximum atomic E-state index is 13.8. The molecule has 0 saturated heterocycles. The van der Waals surface area contributed by atoms with Crippen LogP contribution < -0.4 is 10.2 Å². The van der Waals surface area contributed by atoms with Crippen molar-refractivity contribution in [2.24, 2.45) is 0 Å². The number of hydrogen-bond donors (Lipinski definition) is 1. The van der Waals surface area contributed by atoms with Gasteiger partial charge in [0.1, 0.15) is 5.82 Å². The molecular formula is C20H16ClFN4O. The number of hydrogen-bond acceptors (Lipinski definition) is 4. The van der Waals surface area contributed by atoms with Crippen LogP contribution in [-0.4, -0.2) is 22.6 Å². The van der Waals surface area contributed by atoms with Gasteiger partial charge in [-0.25, -0.2) is 4.39 Å². The molecule has 136 valence electrons. The molecule has 0 spiro atoms. The van der Waals surface area contributed by atoms with Gasteiger partial charge in [0.25, 0.3) is 5.91 Å². The average Bonchev–Trinajstić information content (AvgIpc) is 2.68. The molecule has 2 aromatic carbocycles. The summed E-state index contributed by atoms with van der Waals surface area (Å²) < 4.78 is 13.8. The van der Waals surface area contributed by atoms with E-state index in [9.17, 15) is 9.18 Å². The predicted octanol–water partition coefficient (Wildman–Crippen LogP) is 4.08. The van der Waals surface area contributed by atoms with Gasteiger partial charge >= 0.3 is 0 Å². The Morgan fingerprint density at radius 1 is 1.04 bits per heavy atom. The van der Waals surface area contributed by atoms with Crippen molar-refractivity contribution in [1.82, 2.24) is 10.2 Å². The molecule has 1 aromatic heterocycles. The van der Waals surface area contributed by atoms with Crippen molar-refractivity contribution in [3.63, 3.8) is 0 Å².